The van der Waals surface area contributed by atoms with E-state index in [0.29, 0.717) is 18.5 Å². The first kappa shape index (κ1) is 14.1. The van der Waals surface area contributed by atoms with Crippen molar-refractivity contribution in [3.05, 3.63) is 51.8 Å². The quantitative estimate of drug-likeness (QED) is 0.487. The van der Waals surface area contributed by atoms with Crippen molar-refractivity contribution in [1.82, 2.24) is 20.1 Å². The number of nitro benzene ring substituents is 1. The van der Waals surface area contributed by atoms with E-state index in [1.807, 2.05) is 7.05 Å². The van der Waals surface area contributed by atoms with Crippen LogP contribution in [0.15, 0.2) is 24.5 Å². The monoisotopic (exact) mass is 279 g/mol. The minimum Gasteiger partial charge on any atom is -0.321 e. The summed E-state index contributed by atoms with van der Waals surface area (Å²) in [6.07, 6.45) is 2.24. The van der Waals surface area contributed by atoms with Gasteiger partial charge in [-0.2, -0.15) is 0 Å². The molecule has 0 aliphatic heterocycles. The highest BCUT2D eigenvalue weighted by Gasteiger charge is 2.13. The predicted molar refractivity (Wildman–Crippen MR) is 69.5 cm³/mol. The summed E-state index contributed by atoms with van der Waals surface area (Å²) >= 11 is 0. The number of nitro groups is 1. The molecule has 7 nitrogen and oxygen atoms in total. The first-order chi connectivity index (χ1) is 9.58. The van der Waals surface area contributed by atoms with Crippen molar-refractivity contribution in [2.75, 3.05) is 6.54 Å². The van der Waals surface area contributed by atoms with E-state index in [2.05, 4.69) is 15.5 Å². The molecule has 2 aromatic rings. The zero-order valence-electron chi connectivity index (χ0n) is 10.9. The van der Waals surface area contributed by atoms with Gasteiger partial charge in [-0.05, 0) is 12.1 Å². The van der Waals surface area contributed by atoms with Gasteiger partial charge in [0.15, 0.2) is 0 Å². The number of benzene rings is 1. The van der Waals surface area contributed by atoms with E-state index in [9.17, 15) is 14.5 Å². The third-order valence-corrected chi connectivity index (χ3v) is 2.88. The van der Waals surface area contributed by atoms with E-state index in [1.54, 1.807) is 10.9 Å². The maximum absolute atomic E-state index is 13.1. The summed E-state index contributed by atoms with van der Waals surface area (Å²) in [7, 11) is 1.84. The van der Waals surface area contributed by atoms with Gasteiger partial charge in [0, 0.05) is 38.2 Å². The number of hydrogen-bond donors (Lipinski definition) is 1. The SMILES string of the molecule is Cn1cnnc1CCNCc1cc(F)ccc1[N+](=O)[O-]. The third-order valence-electron chi connectivity index (χ3n) is 2.88. The first-order valence-electron chi connectivity index (χ1n) is 6.04. The Labute approximate surface area is 114 Å². The van der Waals surface area contributed by atoms with E-state index in [4.69, 9.17) is 0 Å². The molecule has 2 rings (SSSR count). The molecule has 1 aromatic carbocycles. The summed E-state index contributed by atoms with van der Waals surface area (Å²) in [5.41, 5.74) is 0.241. The van der Waals surface area contributed by atoms with E-state index in [1.165, 1.54) is 12.1 Å². The second kappa shape index (κ2) is 6.20. The second-order valence-corrected chi connectivity index (χ2v) is 4.31. The molecule has 0 radical (unpaired) electrons. The maximum Gasteiger partial charge on any atom is 0.274 e. The molecule has 0 bridgehead atoms. The fraction of sp³-hybridized carbons (Fsp3) is 0.333. The minimum atomic E-state index is -0.515. The Morgan fingerprint density at radius 3 is 2.95 bits per heavy atom. The highest BCUT2D eigenvalue weighted by Crippen LogP contribution is 2.19. The van der Waals surface area contributed by atoms with Crippen molar-refractivity contribution in [2.45, 2.75) is 13.0 Å². The summed E-state index contributed by atoms with van der Waals surface area (Å²) in [6.45, 7) is 0.798. The van der Waals surface area contributed by atoms with Crippen LogP contribution in [0.4, 0.5) is 10.1 Å². The Bertz CT molecular complexity index is 614. The summed E-state index contributed by atoms with van der Waals surface area (Å²) in [6, 6.07) is 3.43. The fourth-order valence-corrected chi connectivity index (χ4v) is 1.83. The lowest BCUT2D eigenvalue weighted by molar-refractivity contribution is -0.385. The Morgan fingerprint density at radius 2 is 2.30 bits per heavy atom. The number of hydrogen-bond acceptors (Lipinski definition) is 5. The Balaban J connectivity index is 1.92. The number of aryl methyl sites for hydroxylation is 1. The van der Waals surface area contributed by atoms with Crippen LogP contribution in [-0.4, -0.2) is 26.2 Å². The molecule has 0 aliphatic rings. The lowest BCUT2D eigenvalue weighted by Crippen LogP contribution is -2.19. The summed E-state index contributed by atoms with van der Waals surface area (Å²) in [4.78, 5) is 10.3. The van der Waals surface area contributed by atoms with E-state index in [0.717, 1.165) is 11.9 Å². The average molecular weight is 279 g/mol. The van der Waals surface area contributed by atoms with Crippen molar-refractivity contribution < 1.29 is 9.31 Å². The van der Waals surface area contributed by atoms with Crippen molar-refractivity contribution >= 4 is 5.69 Å². The lowest BCUT2D eigenvalue weighted by atomic mass is 10.1. The second-order valence-electron chi connectivity index (χ2n) is 4.31. The van der Waals surface area contributed by atoms with E-state index < -0.39 is 10.7 Å². The molecule has 0 saturated heterocycles. The zero-order chi connectivity index (χ0) is 14.5. The van der Waals surface area contributed by atoms with Crippen molar-refractivity contribution in [2.24, 2.45) is 7.05 Å². The van der Waals surface area contributed by atoms with Crippen LogP contribution in [0.5, 0.6) is 0 Å². The van der Waals surface area contributed by atoms with Crippen LogP contribution in [0.2, 0.25) is 0 Å². The van der Waals surface area contributed by atoms with Crippen LogP contribution in [0, 0.1) is 15.9 Å². The van der Waals surface area contributed by atoms with Crippen molar-refractivity contribution in [1.29, 1.82) is 0 Å². The van der Waals surface area contributed by atoms with Crippen molar-refractivity contribution in [3.63, 3.8) is 0 Å². The van der Waals surface area contributed by atoms with Gasteiger partial charge >= 0.3 is 0 Å². The molecular weight excluding hydrogens is 265 g/mol. The van der Waals surface area contributed by atoms with E-state index >= 15 is 0 Å². The van der Waals surface area contributed by atoms with Crippen LogP contribution in [0.25, 0.3) is 0 Å². The number of halogens is 1. The molecule has 20 heavy (non-hydrogen) atoms. The smallest absolute Gasteiger partial charge is 0.274 e. The molecule has 106 valence electrons. The lowest BCUT2D eigenvalue weighted by Gasteiger charge is -2.05. The standard InChI is InChI=1S/C12H14FN5O2/c1-17-8-15-16-12(17)4-5-14-7-9-6-10(13)2-3-11(9)18(19)20/h2-3,6,8,14H,4-5,7H2,1H3. The number of nitrogens with zero attached hydrogens (tertiary/aromatic N) is 4. The van der Waals surface area contributed by atoms with Gasteiger partial charge in [-0.3, -0.25) is 10.1 Å². The van der Waals surface area contributed by atoms with E-state index in [-0.39, 0.29) is 12.2 Å². The highest BCUT2D eigenvalue weighted by atomic mass is 19.1. The number of rotatable bonds is 6. The Morgan fingerprint density at radius 1 is 1.50 bits per heavy atom. The first-order valence-corrected chi connectivity index (χ1v) is 6.04. The molecule has 1 N–H and O–H groups in total. The number of aromatic nitrogens is 3. The minimum absolute atomic E-state index is 0.0856. The molecule has 0 unspecified atom stereocenters. The molecule has 0 atom stereocenters. The summed E-state index contributed by atoms with van der Waals surface area (Å²) < 4.78 is 14.9. The van der Waals surface area contributed by atoms with Crippen molar-refractivity contribution in [3.8, 4) is 0 Å². The van der Waals surface area contributed by atoms with Crippen LogP contribution >= 0.6 is 0 Å². The van der Waals surface area contributed by atoms with Gasteiger partial charge in [0.25, 0.3) is 5.69 Å². The molecule has 8 heteroatoms. The summed E-state index contributed by atoms with van der Waals surface area (Å²) in [5, 5.41) is 21.5. The largest absolute Gasteiger partial charge is 0.321 e. The topological polar surface area (TPSA) is 85.9 Å². The third kappa shape index (κ3) is 3.35. The van der Waals surface area contributed by atoms with Gasteiger partial charge in [0.05, 0.1) is 4.92 Å². The molecule has 0 fully saturated rings. The molecule has 0 amide bonds. The fourth-order valence-electron chi connectivity index (χ4n) is 1.83. The molecule has 1 aromatic heterocycles. The molecule has 0 aliphatic carbocycles. The van der Waals surface area contributed by atoms with Gasteiger partial charge in [0.1, 0.15) is 18.0 Å². The Hall–Kier alpha value is -2.35. The van der Waals surface area contributed by atoms with Gasteiger partial charge in [-0.15, -0.1) is 10.2 Å². The Kier molecular flexibility index (Phi) is 4.36. The van der Waals surface area contributed by atoms with Gasteiger partial charge < -0.3 is 9.88 Å². The molecular formula is C12H14FN5O2. The zero-order valence-corrected chi connectivity index (χ0v) is 10.9. The molecule has 1 heterocycles. The van der Waals surface area contributed by atoms with Crippen LogP contribution in [0.1, 0.15) is 11.4 Å². The predicted octanol–water partition coefficient (Wildman–Crippen LogP) is 1.19. The normalized spacial score (nSPS) is 10.7. The molecule has 0 saturated carbocycles. The average Bonchev–Trinajstić information content (AvgIpc) is 2.80. The van der Waals surface area contributed by atoms with Gasteiger partial charge in [-0.25, -0.2) is 4.39 Å². The molecule has 0 spiro atoms. The van der Waals surface area contributed by atoms with Gasteiger partial charge in [-0.1, -0.05) is 0 Å². The summed E-state index contributed by atoms with van der Waals surface area (Å²) in [5.74, 6) is 0.326. The van der Waals surface area contributed by atoms with Crippen LogP contribution < -0.4 is 5.32 Å². The van der Waals surface area contributed by atoms with Crippen LogP contribution in [-0.2, 0) is 20.0 Å². The maximum atomic E-state index is 13.1. The van der Waals surface area contributed by atoms with Gasteiger partial charge in [0.2, 0.25) is 0 Å². The van der Waals surface area contributed by atoms with Crippen LogP contribution in [0.3, 0.4) is 0 Å². The number of nitrogens with one attached hydrogen (secondary N) is 1. The highest BCUT2D eigenvalue weighted by molar-refractivity contribution is 5.40.